The fraction of sp³-hybridized carbons (Fsp3) is 0.222. The summed E-state index contributed by atoms with van der Waals surface area (Å²) in [4.78, 5) is 3.35. The molecule has 0 aromatic heterocycles. The SMILES string of the molecule is C=C1C=C(CBr)C=NC(C(F)(F)F)=C1. The second-order valence-corrected chi connectivity index (χ2v) is 3.27. The Balaban J connectivity index is 3.02. The molecule has 1 nitrogen and oxygen atoms in total. The van der Waals surface area contributed by atoms with E-state index in [4.69, 9.17) is 0 Å². The van der Waals surface area contributed by atoms with Crippen molar-refractivity contribution in [1.29, 1.82) is 0 Å². The number of hydrogen-bond donors (Lipinski definition) is 0. The van der Waals surface area contributed by atoms with Crippen molar-refractivity contribution < 1.29 is 13.2 Å². The van der Waals surface area contributed by atoms with E-state index in [0.29, 0.717) is 16.5 Å². The summed E-state index contributed by atoms with van der Waals surface area (Å²) in [5.41, 5.74) is 0.0319. The van der Waals surface area contributed by atoms with Crippen molar-refractivity contribution in [1.82, 2.24) is 0 Å². The highest BCUT2D eigenvalue weighted by molar-refractivity contribution is 9.09. The lowest BCUT2D eigenvalue weighted by atomic mass is 10.2. The van der Waals surface area contributed by atoms with Crippen LogP contribution in [0.1, 0.15) is 0 Å². The first-order valence-corrected chi connectivity index (χ1v) is 4.84. The van der Waals surface area contributed by atoms with E-state index in [-0.39, 0.29) is 0 Å². The van der Waals surface area contributed by atoms with Crippen molar-refractivity contribution >= 4 is 22.1 Å². The largest absolute Gasteiger partial charge is 0.433 e. The van der Waals surface area contributed by atoms with Crippen molar-refractivity contribution in [3.8, 4) is 0 Å². The monoisotopic (exact) mass is 265 g/mol. The quantitative estimate of drug-likeness (QED) is 0.645. The number of hydrogen-bond acceptors (Lipinski definition) is 1. The highest BCUT2D eigenvalue weighted by Gasteiger charge is 2.33. The van der Waals surface area contributed by atoms with E-state index in [1.807, 2.05) is 0 Å². The molecule has 0 saturated carbocycles. The van der Waals surface area contributed by atoms with Gasteiger partial charge in [0.15, 0.2) is 0 Å². The molecule has 0 aromatic rings. The summed E-state index contributed by atoms with van der Waals surface area (Å²) < 4.78 is 36.8. The van der Waals surface area contributed by atoms with E-state index in [9.17, 15) is 13.2 Å². The fourth-order valence-corrected chi connectivity index (χ4v) is 1.22. The van der Waals surface area contributed by atoms with Gasteiger partial charge in [0.05, 0.1) is 0 Å². The average Bonchev–Trinajstić information content (AvgIpc) is 2.25. The summed E-state index contributed by atoms with van der Waals surface area (Å²) in [7, 11) is 0. The van der Waals surface area contributed by atoms with Gasteiger partial charge in [-0.25, -0.2) is 0 Å². The zero-order chi connectivity index (χ0) is 10.8. The minimum absolute atomic E-state index is 0.296. The van der Waals surface area contributed by atoms with Crippen LogP contribution in [-0.2, 0) is 0 Å². The summed E-state index contributed by atoms with van der Waals surface area (Å²) >= 11 is 3.14. The summed E-state index contributed by atoms with van der Waals surface area (Å²) in [6.45, 7) is 3.48. The number of aliphatic imine (C=N–C) groups is 1. The van der Waals surface area contributed by atoms with Gasteiger partial charge in [-0.1, -0.05) is 22.5 Å². The minimum atomic E-state index is -4.42. The fourth-order valence-electron chi connectivity index (χ4n) is 0.911. The Morgan fingerprint density at radius 3 is 2.50 bits per heavy atom. The highest BCUT2D eigenvalue weighted by atomic mass is 79.9. The Morgan fingerprint density at radius 1 is 1.36 bits per heavy atom. The molecule has 1 aliphatic rings. The third kappa shape index (κ3) is 2.83. The van der Waals surface area contributed by atoms with Crippen molar-refractivity contribution in [2.45, 2.75) is 6.18 Å². The molecule has 0 amide bonds. The van der Waals surface area contributed by atoms with Crippen molar-refractivity contribution in [2.24, 2.45) is 4.99 Å². The van der Waals surface area contributed by atoms with Gasteiger partial charge in [0.25, 0.3) is 0 Å². The summed E-state index contributed by atoms with van der Waals surface area (Å²) in [6, 6.07) is 0. The Labute approximate surface area is 87.8 Å². The van der Waals surface area contributed by atoms with E-state index >= 15 is 0 Å². The molecule has 0 radical (unpaired) electrons. The molecule has 0 N–H and O–H groups in total. The number of halogens is 4. The van der Waals surface area contributed by atoms with Crippen LogP contribution in [0.2, 0.25) is 0 Å². The van der Waals surface area contributed by atoms with Gasteiger partial charge in [-0.05, 0) is 23.3 Å². The molecule has 14 heavy (non-hydrogen) atoms. The smallest absolute Gasteiger partial charge is 0.251 e. The molecule has 0 aromatic carbocycles. The lowest BCUT2D eigenvalue weighted by Crippen LogP contribution is -2.10. The predicted molar refractivity (Wildman–Crippen MR) is 53.6 cm³/mol. The van der Waals surface area contributed by atoms with Gasteiger partial charge in [0, 0.05) is 11.5 Å². The van der Waals surface area contributed by atoms with E-state index in [0.717, 1.165) is 6.08 Å². The maximum absolute atomic E-state index is 12.3. The molecule has 76 valence electrons. The lowest BCUT2D eigenvalue weighted by Gasteiger charge is -2.04. The second kappa shape index (κ2) is 4.13. The Bertz CT molecular complexity index is 336. The summed E-state index contributed by atoms with van der Waals surface area (Å²) in [6.07, 6.45) is -0.759. The van der Waals surface area contributed by atoms with Gasteiger partial charge in [-0.3, -0.25) is 4.99 Å². The van der Waals surface area contributed by atoms with Crippen LogP contribution in [0.5, 0.6) is 0 Å². The summed E-state index contributed by atoms with van der Waals surface area (Å²) in [5.74, 6) is 0. The van der Waals surface area contributed by atoms with Gasteiger partial charge in [-0.2, -0.15) is 13.2 Å². The zero-order valence-electron chi connectivity index (χ0n) is 7.11. The van der Waals surface area contributed by atoms with Crippen LogP contribution in [0.25, 0.3) is 0 Å². The Kier molecular flexibility index (Phi) is 3.31. The number of allylic oxidation sites excluding steroid dienone is 5. The van der Waals surface area contributed by atoms with Crippen molar-refractivity contribution in [3.63, 3.8) is 0 Å². The first kappa shape index (κ1) is 11.2. The van der Waals surface area contributed by atoms with Gasteiger partial charge < -0.3 is 0 Å². The molecule has 0 fully saturated rings. The van der Waals surface area contributed by atoms with Gasteiger partial charge in [0.1, 0.15) is 5.70 Å². The van der Waals surface area contributed by atoms with Crippen LogP contribution in [0.4, 0.5) is 13.2 Å². The molecule has 0 atom stereocenters. The standard InChI is InChI=1S/C9H7BrF3N/c1-6-2-7(4-10)5-14-8(3-6)9(11,12)13/h2-3,5H,1,4H2. The molecule has 0 bridgehead atoms. The molecule has 1 rings (SSSR count). The maximum Gasteiger partial charge on any atom is 0.433 e. The molecular formula is C9H7BrF3N. The number of rotatable bonds is 1. The normalized spacial score (nSPS) is 17.6. The van der Waals surface area contributed by atoms with E-state index in [2.05, 4.69) is 27.5 Å². The first-order valence-electron chi connectivity index (χ1n) is 3.72. The van der Waals surface area contributed by atoms with Gasteiger partial charge in [-0.15, -0.1) is 0 Å². The van der Waals surface area contributed by atoms with Crippen molar-refractivity contribution in [2.75, 3.05) is 5.33 Å². The number of alkyl halides is 4. The highest BCUT2D eigenvalue weighted by Crippen LogP contribution is 2.28. The average molecular weight is 266 g/mol. The maximum atomic E-state index is 12.3. The molecule has 1 heterocycles. The van der Waals surface area contributed by atoms with E-state index < -0.39 is 11.9 Å². The third-order valence-corrected chi connectivity index (χ3v) is 2.15. The van der Waals surface area contributed by atoms with Gasteiger partial charge in [0.2, 0.25) is 0 Å². The van der Waals surface area contributed by atoms with Crippen LogP contribution in [0.15, 0.2) is 40.6 Å². The van der Waals surface area contributed by atoms with Crippen molar-refractivity contribution in [3.05, 3.63) is 35.6 Å². The predicted octanol–water partition coefficient (Wildman–Crippen LogP) is 3.39. The molecule has 0 unspecified atom stereocenters. The molecular weight excluding hydrogens is 259 g/mol. The van der Waals surface area contributed by atoms with Crippen LogP contribution in [-0.4, -0.2) is 17.7 Å². The van der Waals surface area contributed by atoms with Crippen LogP contribution >= 0.6 is 15.9 Å². The first-order chi connectivity index (χ1) is 6.43. The zero-order valence-corrected chi connectivity index (χ0v) is 8.69. The molecule has 5 heteroatoms. The second-order valence-electron chi connectivity index (χ2n) is 2.71. The molecule has 0 spiro atoms. The minimum Gasteiger partial charge on any atom is -0.251 e. The Hall–Kier alpha value is -0.840. The summed E-state index contributed by atoms with van der Waals surface area (Å²) in [5, 5.41) is 0.453. The van der Waals surface area contributed by atoms with E-state index in [1.54, 1.807) is 6.08 Å². The van der Waals surface area contributed by atoms with Crippen LogP contribution in [0, 0.1) is 0 Å². The Morgan fingerprint density at radius 2 is 2.00 bits per heavy atom. The molecule has 1 aliphatic heterocycles. The topological polar surface area (TPSA) is 12.4 Å². The molecule has 0 saturated heterocycles. The lowest BCUT2D eigenvalue weighted by molar-refractivity contribution is -0.0922. The number of nitrogens with zero attached hydrogens (tertiary/aromatic N) is 1. The third-order valence-electron chi connectivity index (χ3n) is 1.51. The molecule has 0 aliphatic carbocycles. The van der Waals surface area contributed by atoms with Crippen LogP contribution in [0.3, 0.4) is 0 Å². The van der Waals surface area contributed by atoms with E-state index in [1.165, 1.54) is 6.21 Å². The van der Waals surface area contributed by atoms with Crippen LogP contribution < -0.4 is 0 Å². The van der Waals surface area contributed by atoms with Gasteiger partial charge >= 0.3 is 6.18 Å².